The van der Waals surface area contributed by atoms with Gasteiger partial charge in [0.25, 0.3) is 5.91 Å². The number of carbonyl (C=O) groups excluding carboxylic acids is 4. The first-order valence-electron chi connectivity index (χ1n) is 24.6. The highest BCUT2D eigenvalue weighted by Gasteiger charge is 2.49. The number of carbonyl (C=O) groups is 4. The van der Waals surface area contributed by atoms with E-state index in [-0.39, 0.29) is 17.3 Å². The van der Waals surface area contributed by atoms with Crippen LogP contribution in [0.2, 0.25) is 0 Å². The van der Waals surface area contributed by atoms with Gasteiger partial charge in [0.15, 0.2) is 0 Å². The van der Waals surface area contributed by atoms with Gasteiger partial charge in [0, 0.05) is 64.2 Å². The van der Waals surface area contributed by atoms with Crippen molar-refractivity contribution in [3.63, 3.8) is 0 Å². The van der Waals surface area contributed by atoms with Gasteiger partial charge in [-0.25, -0.2) is 24.4 Å². The average Bonchev–Trinajstić information content (AvgIpc) is 4.04. The number of esters is 2. The number of nitrogens with zero attached hydrogens (tertiary/aromatic N) is 4. The monoisotopic (exact) mass is 987 g/mol. The minimum Gasteiger partial charge on any atom is -0.464 e. The highest BCUT2D eigenvalue weighted by atomic mass is 16.6. The zero-order valence-corrected chi connectivity index (χ0v) is 41.1. The second-order valence-electron chi connectivity index (χ2n) is 17.2. The first-order chi connectivity index (χ1) is 34.8. The van der Waals surface area contributed by atoms with Crippen LogP contribution in [0, 0.1) is 29.6 Å². The first kappa shape index (κ1) is 54.8. The van der Waals surface area contributed by atoms with Gasteiger partial charge in [0.05, 0.1) is 118 Å². The molecule has 1 saturated carbocycles. The Morgan fingerprint density at radius 1 is 0.662 bits per heavy atom. The van der Waals surface area contributed by atoms with Gasteiger partial charge in [0.2, 0.25) is 0 Å². The molecule has 19 heteroatoms. The predicted octanol–water partition coefficient (Wildman–Crippen LogP) is 3.95. The molecule has 71 heavy (non-hydrogen) atoms. The lowest BCUT2D eigenvalue weighted by molar-refractivity contribution is 0.00330. The van der Waals surface area contributed by atoms with E-state index in [1.807, 2.05) is 24.3 Å². The Kier molecular flexibility index (Phi) is 23.9. The highest BCUT2D eigenvalue weighted by Crippen LogP contribution is 2.52. The molecule has 6 rings (SSSR count). The van der Waals surface area contributed by atoms with Gasteiger partial charge in [-0.3, -0.25) is 14.6 Å². The fourth-order valence-corrected chi connectivity index (χ4v) is 8.65. The quantitative estimate of drug-likeness (QED) is 0.0755. The lowest BCUT2D eigenvalue weighted by atomic mass is 9.99. The molecule has 3 aliphatic rings. The van der Waals surface area contributed by atoms with E-state index >= 15 is 0 Å². The van der Waals surface area contributed by atoms with Crippen molar-refractivity contribution in [3.8, 4) is 11.8 Å². The Bertz CT molecular complexity index is 2130. The molecule has 2 amide bonds. The van der Waals surface area contributed by atoms with Gasteiger partial charge in [0.1, 0.15) is 11.4 Å². The summed E-state index contributed by atoms with van der Waals surface area (Å²) >= 11 is 0. The largest absolute Gasteiger partial charge is 0.464 e. The standard InChI is InChI=1S/C52H70N6O13/c1-63-50(60)46-13-7-9-41(55-46)37-57-21-27-67-33-35-69-29-23-58(24-30-70-36-34-68-28-22-57)48(45-12-8-14-47(56-45)51(61)64-2)39-15-17-40(18-16-39)49(59)53-19-25-65-31-32-66-26-20-54-52(62)71-38-44-42-10-5-3-4-6-11-43(42)44/h7-9,12-18,42-44,48H,5-6,10-11,19-38H2,1-2H3,(H,53,59)(H,54,62)/t42-,43+,44?,48?. The summed E-state index contributed by atoms with van der Waals surface area (Å²) in [5.74, 6) is 6.82. The summed E-state index contributed by atoms with van der Waals surface area (Å²) in [6.07, 6.45) is 3.62. The number of fused-ring (bicyclic) bond motifs is 1. The van der Waals surface area contributed by atoms with Crippen LogP contribution >= 0.6 is 0 Å². The van der Waals surface area contributed by atoms with Crippen LogP contribution in [0.1, 0.15) is 80.0 Å². The molecule has 1 aromatic carbocycles. The maximum Gasteiger partial charge on any atom is 0.407 e. The fraction of sp³-hybridized carbons (Fsp3) is 0.577. The molecular formula is C52H70N6O13. The number of benzene rings is 1. The van der Waals surface area contributed by atoms with Crippen LogP contribution in [-0.4, -0.2) is 183 Å². The summed E-state index contributed by atoms with van der Waals surface area (Å²) in [6.45, 7) is 8.24. The molecule has 3 heterocycles. The molecule has 19 nitrogen and oxygen atoms in total. The molecule has 0 spiro atoms. The maximum atomic E-state index is 13.2. The normalized spacial score (nSPS) is 20.2. The fourth-order valence-electron chi connectivity index (χ4n) is 8.65. The first-order valence-corrected chi connectivity index (χ1v) is 24.6. The number of methoxy groups -OCH3 is 2. The molecular weight excluding hydrogens is 917 g/mol. The lowest BCUT2D eigenvalue weighted by Gasteiger charge is -2.32. The van der Waals surface area contributed by atoms with Crippen LogP contribution in [-0.2, 0) is 49.2 Å². The molecule has 0 radical (unpaired) electrons. The number of aromatic nitrogens is 2. The molecule has 0 bridgehead atoms. The van der Waals surface area contributed by atoms with E-state index < -0.39 is 24.1 Å². The van der Waals surface area contributed by atoms with Gasteiger partial charge < -0.3 is 53.3 Å². The second kappa shape index (κ2) is 31.0. The molecule has 2 aromatic heterocycles. The number of ether oxygens (including phenoxy) is 9. The van der Waals surface area contributed by atoms with Crippen molar-refractivity contribution in [2.45, 2.75) is 38.3 Å². The number of nitrogens with one attached hydrogen (secondary N) is 2. The van der Waals surface area contributed by atoms with E-state index in [0.29, 0.717) is 161 Å². The van der Waals surface area contributed by atoms with Crippen LogP contribution in [0.3, 0.4) is 0 Å². The van der Waals surface area contributed by atoms with Crippen LogP contribution in [0.15, 0.2) is 60.7 Å². The summed E-state index contributed by atoms with van der Waals surface area (Å²) < 4.78 is 50.6. The van der Waals surface area contributed by atoms with E-state index in [1.54, 1.807) is 36.4 Å². The number of hydrogen-bond donors (Lipinski definition) is 2. The Hall–Kier alpha value is -5.56. The zero-order valence-electron chi connectivity index (χ0n) is 41.1. The molecule has 2 unspecified atom stereocenters. The molecule has 4 atom stereocenters. The van der Waals surface area contributed by atoms with Crippen molar-refractivity contribution in [2.75, 3.05) is 139 Å². The zero-order chi connectivity index (χ0) is 49.9. The van der Waals surface area contributed by atoms with Gasteiger partial charge >= 0.3 is 18.0 Å². The molecule has 386 valence electrons. The number of pyridine rings is 2. The average molecular weight is 987 g/mol. The van der Waals surface area contributed by atoms with E-state index in [9.17, 15) is 19.2 Å². The Labute approximate surface area is 416 Å². The van der Waals surface area contributed by atoms with Gasteiger partial charge in [-0.2, -0.15) is 0 Å². The summed E-state index contributed by atoms with van der Waals surface area (Å²) in [4.78, 5) is 63.5. The molecule has 1 saturated heterocycles. The minimum atomic E-state index is -0.553. The summed E-state index contributed by atoms with van der Waals surface area (Å²) in [7, 11) is 2.65. The lowest BCUT2D eigenvalue weighted by Crippen LogP contribution is -2.36. The Morgan fingerprint density at radius 3 is 1.80 bits per heavy atom. The third-order valence-corrected chi connectivity index (χ3v) is 12.4. The molecule has 2 N–H and O–H groups in total. The van der Waals surface area contributed by atoms with Crippen LogP contribution in [0.4, 0.5) is 4.79 Å². The molecule has 3 aromatic rings. The van der Waals surface area contributed by atoms with Gasteiger partial charge in [-0.15, -0.1) is 11.8 Å². The molecule has 2 aliphatic carbocycles. The van der Waals surface area contributed by atoms with Gasteiger partial charge in [-0.1, -0.05) is 24.3 Å². The predicted molar refractivity (Wildman–Crippen MR) is 260 cm³/mol. The third kappa shape index (κ3) is 18.9. The van der Waals surface area contributed by atoms with E-state index in [0.717, 1.165) is 36.9 Å². The minimum absolute atomic E-state index is 0.171. The number of hydrogen-bond acceptors (Lipinski definition) is 17. The summed E-state index contributed by atoms with van der Waals surface area (Å²) in [5, 5.41) is 5.64. The summed E-state index contributed by atoms with van der Waals surface area (Å²) in [5.41, 5.74) is 3.08. The van der Waals surface area contributed by atoms with Crippen molar-refractivity contribution in [1.29, 1.82) is 0 Å². The van der Waals surface area contributed by atoms with Crippen molar-refractivity contribution < 1.29 is 61.8 Å². The van der Waals surface area contributed by atoms with Crippen molar-refractivity contribution in [3.05, 3.63) is 94.6 Å². The van der Waals surface area contributed by atoms with E-state index in [4.69, 9.17) is 47.6 Å². The smallest absolute Gasteiger partial charge is 0.407 e. The number of alkyl carbamates (subject to hydrolysis) is 1. The summed E-state index contributed by atoms with van der Waals surface area (Å²) in [6, 6.07) is 17.4. The Morgan fingerprint density at radius 2 is 1.21 bits per heavy atom. The third-order valence-electron chi connectivity index (χ3n) is 12.4. The van der Waals surface area contributed by atoms with Crippen molar-refractivity contribution >= 4 is 23.9 Å². The second-order valence-corrected chi connectivity index (χ2v) is 17.2. The topological polar surface area (TPSA) is 208 Å². The van der Waals surface area contributed by atoms with Crippen molar-refractivity contribution in [1.82, 2.24) is 30.4 Å². The molecule has 1 aliphatic heterocycles. The van der Waals surface area contributed by atoms with E-state index in [2.05, 4.69) is 37.3 Å². The van der Waals surface area contributed by atoms with E-state index in [1.165, 1.54) is 14.2 Å². The maximum absolute atomic E-state index is 13.2. The van der Waals surface area contributed by atoms with Crippen LogP contribution in [0.5, 0.6) is 0 Å². The van der Waals surface area contributed by atoms with Crippen molar-refractivity contribution in [2.24, 2.45) is 17.8 Å². The Balaban J connectivity index is 0.942. The van der Waals surface area contributed by atoms with Gasteiger partial charge in [-0.05, 0) is 72.6 Å². The van der Waals surface area contributed by atoms with Crippen LogP contribution < -0.4 is 10.6 Å². The highest BCUT2D eigenvalue weighted by molar-refractivity contribution is 5.94. The number of amides is 2. The number of rotatable bonds is 19. The van der Waals surface area contributed by atoms with Crippen LogP contribution in [0.25, 0.3) is 0 Å². The molecule has 2 fully saturated rings. The SMILES string of the molecule is COC(=O)c1cccc(CN2CCOCCOCCN(C(c3ccc(C(=O)NCCOCCOCCNC(=O)OCC4[C@H]5CCC#CCC[C@@H]45)cc3)c3cccc(C(=O)OC)n3)CCOCCOCC2)n1.